The Morgan fingerprint density at radius 3 is 2.50 bits per heavy atom. The molecule has 2 rings (SSSR count). The number of halogens is 2. The first-order valence-corrected chi connectivity index (χ1v) is 7.04. The van der Waals surface area contributed by atoms with Crippen molar-refractivity contribution in [1.29, 1.82) is 0 Å². The lowest BCUT2D eigenvalue weighted by atomic mass is 9.97. The molecule has 1 heterocycles. The lowest BCUT2D eigenvalue weighted by molar-refractivity contribution is -0.143. The highest BCUT2D eigenvalue weighted by atomic mass is 19.3. The van der Waals surface area contributed by atoms with Crippen molar-refractivity contribution < 1.29 is 23.5 Å². The minimum atomic E-state index is -2.97. The molecule has 1 aromatic rings. The molecule has 1 aliphatic heterocycles. The molecule has 0 aliphatic carbocycles. The molecule has 0 radical (unpaired) electrons. The van der Waals surface area contributed by atoms with Crippen LogP contribution in [-0.4, -0.2) is 35.1 Å². The molecule has 7 heteroatoms. The Labute approximate surface area is 126 Å². The molecule has 0 bridgehead atoms. The summed E-state index contributed by atoms with van der Waals surface area (Å²) >= 11 is 0. The molecule has 0 atom stereocenters. The van der Waals surface area contributed by atoms with Crippen molar-refractivity contribution in [2.24, 2.45) is 5.92 Å². The van der Waals surface area contributed by atoms with E-state index < -0.39 is 23.8 Å². The Kier molecular flexibility index (Phi) is 4.63. The van der Waals surface area contributed by atoms with E-state index in [9.17, 15) is 18.4 Å². The van der Waals surface area contributed by atoms with Crippen LogP contribution < -0.4 is 5.32 Å². The van der Waals surface area contributed by atoms with Crippen LogP contribution in [0.4, 0.5) is 19.3 Å². The van der Waals surface area contributed by atoms with Gasteiger partial charge in [0.05, 0.1) is 5.92 Å². The molecule has 1 fully saturated rings. The summed E-state index contributed by atoms with van der Waals surface area (Å²) in [6, 6.07) is 5.13. The van der Waals surface area contributed by atoms with E-state index in [1.165, 1.54) is 29.2 Å². The topological polar surface area (TPSA) is 69.6 Å². The molecule has 120 valence electrons. The second-order valence-corrected chi connectivity index (χ2v) is 5.50. The average molecular weight is 312 g/mol. The zero-order valence-corrected chi connectivity index (χ0v) is 12.2. The number of piperidine rings is 1. The molecule has 1 saturated heterocycles. The van der Waals surface area contributed by atoms with Crippen molar-refractivity contribution in [3.8, 4) is 0 Å². The summed E-state index contributed by atoms with van der Waals surface area (Å²) in [7, 11) is 0. The zero-order chi connectivity index (χ0) is 16.3. The molecular weight excluding hydrogens is 294 g/mol. The zero-order valence-electron chi connectivity index (χ0n) is 12.2. The van der Waals surface area contributed by atoms with Crippen LogP contribution in [0.5, 0.6) is 0 Å². The van der Waals surface area contributed by atoms with Crippen LogP contribution in [0, 0.1) is 5.92 Å². The van der Waals surface area contributed by atoms with Gasteiger partial charge in [-0.15, -0.1) is 0 Å². The summed E-state index contributed by atoms with van der Waals surface area (Å²) in [5, 5.41) is 11.5. The highest BCUT2D eigenvalue weighted by Gasteiger charge is 2.28. The molecule has 0 unspecified atom stereocenters. The van der Waals surface area contributed by atoms with Gasteiger partial charge in [-0.05, 0) is 25.0 Å². The van der Waals surface area contributed by atoms with E-state index in [1.807, 2.05) is 0 Å². The van der Waals surface area contributed by atoms with E-state index in [1.54, 1.807) is 0 Å². The van der Waals surface area contributed by atoms with E-state index in [4.69, 9.17) is 5.11 Å². The van der Waals surface area contributed by atoms with Gasteiger partial charge in [-0.2, -0.15) is 0 Å². The first-order valence-electron chi connectivity index (χ1n) is 7.04. The second-order valence-electron chi connectivity index (χ2n) is 5.50. The van der Waals surface area contributed by atoms with Crippen LogP contribution in [0.25, 0.3) is 0 Å². The number of amides is 2. The summed E-state index contributed by atoms with van der Waals surface area (Å²) in [5.41, 5.74) is 0.124. The average Bonchev–Trinajstić information content (AvgIpc) is 2.46. The third kappa shape index (κ3) is 3.93. The maximum absolute atomic E-state index is 13.3. The highest BCUT2D eigenvalue weighted by Crippen LogP contribution is 2.28. The number of anilines is 1. The Bertz CT molecular complexity index is 564. The molecule has 0 saturated carbocycles. The van der Waals surface area contributed by atoms with Gasteiger partial charge in [0.15, 0.2) is 0 Å². The molecule has 1 aliphatic rings. The van der Waals surface area contributed by atoms with Gasteiger partial charge in [0.2, 0.25) is 0 Å². The molecular formula is C15H18F2N2O3. The van der Waals surface area contributed by atoms with Crippen molar-refractivity contribution in [2.45, 2.75) is 25.7 Å². The number of alkyl halides is 2. The van der Waals surface area contributed by atoms with Gasteiger partial charge in [-0.1, -0.05) is 12.1 Å². The van der Waals surface area contributed by atoms with Crippen LogP contribution in [-0.2, 0) is 10.7 Å². The van der Waals surface area contributed by atoms with Gasteiger partial charge in [-0.3, -0.25) is 4.79 Å². The number of benzene rings is 1. The van der Waals surface area contributed by atoms with Gasteiger partial charge in [0.25, 0.3) is 5.92 Å². The Morgan fingerprint density at radius 1 is 1.32 bits per heavy atom. The number of likely N-dealkylation sites (tertiary alicyclic amines) is 1. The number of urea groups is 1. The fraction of sp³-hybridized carbons (Fsp3) is 0.467. The number of carbonyl (C=O) groups excluding carboxylic acids is 1. The maximum Gasteiger partial charge on any atom is 0.321 e. The maximum atomic E-state index is 13.3. The number of nitrogens with one attached hydrogen (secondary N) is 1. The fourth-order valence-electron chi connectivity index (χ4n) is 2.40. The Balaban J connectivity index is 1.97. The molecule has 5 nitrogen and oxygen atoms in total. The largest absolute Gasteiger partial charge is 0.481 e. The summed E-state index contributed by atoms with van der Waals surface area (Å²) in [5.74, 6) is -4.25. The monoisotopic (exact) mass is 312 g/mol. The predicted molar refractivity (Wildman–Crippen MR) is 77.0 cm³/mol. The van der Waals surface area contributed by atoms with E-state index >= 15 is 0 Å². The Hall–Kier alpha value is -2.18. The van der Waals surface area contributed by atoms with Crippen LogP contribution in [0.3, 0.4) is 0 Å². The number of carboxylic acids is 1. The summed E-state index contributed by atoms with van der Waals surface area (Å²) in [6.45, 7) is 1.48. The van der Waals surface area contributed by atoms with Crippen molar-refractivity contribution in [2.75, 3.05) is 18.4 Å². The van der Waals surface area contributed by atoms with E-state index in [2.05, 4.69) is 5.32 Å². The number of aliphatic carboxylic acids is 1. The number of rotatable bonds is 3. The van der Waals surface area contributed by atoms with Crippen LogP contribution in [0.15, 0.2) is 24.3 Å². The van der Waals surface area contributed by atoms with E-state index in [0.29, 0.717) is 31.6 Å². The Morgan fingerprint density at radius 2 is 1.95 bits per heavy atom. The first kappa shape index (κ1) is 16.2. The highest BCUT2D eigenvalue weighted by molar-refractivity contribution is 5.89. The number of hydrogen-bond acceptors (Lipinski definition) is 2. The first-order chi connectivity index (χ1) is 10.3. The quantitative estimate of drug-likeness (QED) is 0.901. The van der Waals surface area contributed by atoms with Crippen LogP contribution in [0.2, 0.25) is 0 Å². The summed E-state index contributed by atoms with van der Waals surface area (Å²) in [4.78, 5) is 24.4. The lowest BCUT2D eigenvalue weighted by Gasteiger charge is -2.30. The minimum absolute atomic E-state index is 0.171. The van der Waals surface area contributed by atoms with Gasteiger partial charge < -0.3 is 15.3 Å². The molecule has 1 aromatic carbocycles. The lowest BCUT2D eigenvalue weighted by Crippen LogP contribution is -2.42. The van der Waals surface area contributed by atoms with Crippen molar-refractivity contribution in [3.05, 3.63) is 29.8 Å². The third-order valence-electron chi connectivity index (χ3n) is 3.75. The van der Waals surface area contributed by atoms with E-state index in [-0.39, 0.29) is 5.56 Å². The van der Waals surface area contributed by atoms with Crippen LogP contribution in [0.1, 0.15) is 25.3 Å². The van der Waals surface area contributed by atoms with Gasteiger partial charge in [0, 0.05) is 31.3 Å². The smallest absolute Gasteiger partial charge is 0.321 e. The number of hydrogen-bond donors (Lipinski definition) is 2. The number of carbonyl (C=O) groups is 2. The fourth-order valence-corrected chi connectivity index (χ4v) is 2.40. The predicted octanol–water partition coefficient (Wildman–Crippen LogP) is 3.13. The molecule has 0 aromatic heterocycles. The van der Waals surface area contributed by atoms with E-state index in [0.717, 1.165) is 6.92 Å². The normalized spacial score (nSPS) is 16.4. The molecule has 2 amide bonds. The standard InChI is InChI=1S/C15H18F2N2O3/c1-15(16,17)11-3-2-4-12(9-11)18-14(22)19-7-5-10(6-8-19)13(20)21/h2-4,9-10H,5-8H2,1H3,(H,18,22)(H,20,21). The summed E-state index contributed by atoms with van der Waals surface area (Å²) < 4.78 is 26.5. The van der Waals surface area contributed by atoms with Crippen molar-refractivity contribution in [3.63, 3.8) is 0 Å². The second kappa shape index (κ2) is 6.29. The molecule has 0 spiro atoms. The van der Waals surface area contributed by atoms with Crippen molar-refractivity contribution >= 4 is 17.7 Å². The van der Waals surface area contributed by atoms with Gasteiger partial charge in [-0.25, -0.2) is 13.6 Å². The summed E-state index contributed by atoms with van der Waals surface area (Å²) in [6.07, 6.45) is 0.797. The van der Waals surface area contributed by atoms with Crippen molar-refractivity contribution in [1.82, 2.24) is 4.90 Å². The molecule has 22 heavy (non-hydrogen) atoms. The molecule has 2 N–H and O–H groups in total. The van der Waals surface area contributed by atoms with Gasteiger partial charge >= 0.3 is 12.0 Å². The number of carboxylic acid groups (broad SMARTS) is 1. The minimum Gasteiger partial charge on any atom is -0.481 e. The number of nitrogens with zero attached hydrogens (tertiary/aromatic N) is 1. The van der Waals surface area contributed by atoms with Gasteiger partial charge in [0.1, 0.15) is 0 Å². The third-order valence-corrected chi connectivity index (χ3v) is 3.75. The SMILES string of the molecule is CC(F)(F)c1cccc(NC(=O)N2CCC(C(=O)O)CC2)c1. The van der Waals surface area contributed by atoms with Crippen LogP contribution >= 0.6 is 0 Å².